The highest BCUT2D eigenvalue weighted by molar-refractivity contribution is 7.89. The van der Waals surface area contributed by atoms with E-state index in [1.807, 2.05) is 12.1 Å². The van der Waals surface area contributed by atoms with Crippen molar-refractivity contribution in [3.05, 3.63) is 36.5 Å². The van der Waals surface area contributed by atoms with Gasteiger partial charge in [0.05, 0.1) is 5.52 Å². The number of benzene rings is 1. The predicted molar refractivity (Wildman–Crippen MR) is 82.3 cm³/mol. The molecule has 0 atom stereocenters. The molecule has 1 aromatic carbocycles. The van der Waals surface area contributed by atoms with Crippen molar-refractivity contribution in [2.24, 2.45) is 5.73 Å². The minimum absolute atomic E-state index is 0.0335. The molecule has 0 unspecified atom stereocenters. The van der Waals surface area contributed by atoms with Crippen molar-refractivity contribution in [2.75, 3.05) is 0 Å². The number of hydrogen-bond donors (Lipinski definition) is 2. The first kappa shape index (κ1) is 14.4. The van der Waals surface area contributed by atoms with Gasteiger partial charge >= 0.3 is 0 Å². The molecule has 6 heteroatoms. The van der Waals surface area contributed by atoms with Gasteiger partial charge in [-0.25, -0.2) is 13.1 Å². The molecule has 1 aliphatic carbocycles. The number of sulfonamides is 1. The summed E-state index contributed by atoms with van der Waals surface area (Å²) < 4.78 is 28.0. The van der Waals surface area contributed by atoms with Crippen LogP contribution in [0.3, 0.4) is 0 Å². The highest BCUT2D eigenvalue weighted by Gasteiger charge is 2.25. The predicted octanol–water partition coefficient (Wildman–Crippen LogP) is 1.78. The SMILES string of the molecule is NC1CCC(NS(=O)(=O)c2cccc3cccnc23)CC1. The van der Waals surface area contributed by atoms with Gasteiger partial charge in [0.15, 0.2) is 0 Å². The molecule has 1 aromatic heterocycles. The highest BCUT2D eigenvalue weighted by atomic mass is 32.2. The Balaban J connectivity index is 1.90. The van der Waals surface area contributed by atoms with E-state index in [0.29, 0.717) is 5.52 Å². The maximum absolute atomic E-state index is 12.6. The van der Waals surface area contributed by atoms with Crippen molar-refractivity contribution in [3.8, 4) is 0 Å². The molecule has 1 saturated carbocycles. The normalized spacial score (nSPS) is 23.3. The first-order chi connectivity index (χ1) is 10.1. The van der Waals surface area contributed by atoms with Gasteiger partial charge in [0.25, 0.3) is 0 Å². The van der Waals surface area contributed by atoms with Crippen LogP contribution < -0.4 is 10.5 Å². The standard InChI is InChI=1S/C15H19N3O2S/c16-12-6-8-13(9-7-12)18-21(19,20)14-5-1-3-11-4-2-10-17-15(11)14/h1-5,10,12-13,18H,6-9,16H2. The van der Waals surface area contributed by atoms with Crippen molar-refractivity contribution >= 4 is 20.9 Å². The zero-order chi connectivity index (χ0) is 14.9. The Morgan fingerprint density at radius 3 is 2.57 bits per heavy atom. The fraction of sp³-hybridized carbons (Fsp3) is 0.400. The summed E-state index contributed by atoms with van der Waals surface area (Å²) in [5.74, 6) is 0. The Hall–Kier alpha value is -1.50. The van der Waals surface area contributed by atoms with E-state index in [4.69, 9.17) is 5.73 Å². The van der Waals surface area contributed by atoms with Gasteiger partial charge in [-0.3, -0.25) is 4.98 Å². The van der Waals surface area contributed by atoms with Gasteiger partial charge < -0.3 is 5.73 Å². The summed E-state index contributed by atoms with van der Waals surface area (Å²) in [5.41, 5.74) is 6.37. The number of nitrogens with zero attached hydrogens (tertiary/aromatic N) is 1. The van der Waals surface area contributed by atoms with E-state index in [0.717, 1.165) is 31.1 Å². The topological polar surface area (TPSA) is 85.1 Å². The molecule has 0 aliphatic heterocycles. The van der Waals surface area contributed by atoms with Gasteiger partial charge in [0.2, 0.25) is 10.0 Å². The minimum Gasteiger partial charge on any atom is -0.328 e. The quantitative estimate of drug-likeness (QED) is 0.905. The molecule has 2 aromatic rings. The molecular formula is C15H19N3O2S. The largest absolute Gasteiger partial charge is 0.328 e. The van der Waals surface area contributed by atoms with E-state index in [9.17, 15) is 8.42 Å². The van der Waals surface area contributed by atoms with Crippen LogP contribution in [0.1, 0.15) is 25.7 Å². The smallest absolute Gasteiger partial charge is 0.242 e. The monoisotopic (exact) mass is 305 g/mol. The van der Waals surface area contributed by atoms with E-state index in [2.05, 4.69) is 9.71 Å². The van der Waals surface area contributed by atoms with Gasteiger partial charge in [-0.15, -0.1) is 0 Å². The lowest BCUT2D eigenvalue weighted by molar-refractivity contribution is 0.373. The van der Waals surface area contributed by atoms with Crippen LogP contribution in [0, 0.1) is 0 Å². The maximum atomic E-state index is 12.6. The summed E-state index contributed by atoms with van der Waals surface area (Å²) in [7, 11) is -3.56. The minimum atomic E-state index is -3.56. The second kappa shape index (κ2) is 5.71. The number of nitrogens with one attached hydrogen (secondary N) is 1. The molecule has 0 radical (unpaired) electrons. The molecule has 21 heavy (non-hydrogen) atoms. The molecule has 1 fully saturated rings. The fourth-order valence-corrected chi connectivity index (χ4v) is 4.30. The van der Waals surface area contributed by atoms with E-state index >= 15 is 0 Å². The summed E-state index contributed by atoms with van der Waals surface area (Å²) >= 11 is 0. The zero-order valence-electron chi connectivity index (χ0n) is 11.7. The fourth-order valence-electron chi connectivity index (χ4n) is 2.81. The van der Waals surface area contributed by atoms with Crippen molar-refractivity contribution in [1.82, 2.24) is 9.71 Å². The number of para-hydroxylation sites is 1. The number of fused-ring (bicyclic) bond motifs is 1. The summed E-state index contributed by atoms with van der Waals surface area (Å²) in [5, 5.41) is 0.825. The number of aromatic nitrogens is 1. The zero-order valence-corrected chi connectivity index (χ0v) is 12.5. The molecule has 112 valence electrons. The summed E-state index contributed by atoms with van der Waals surface area (Å²) in [6, 6.07) is 9.04. The Bertz CT molecular complexity index is 732. The summed E-state index contributed by atoms with van der Waals surface area (Å²) in [6.07, 6.45) is 4.92. The lowest BCUT2D eigenvalue weighted by atomic mass is 9.93. The van der Waals surface area contributed by atoms with Crippen molar-refractivity contribution < 1.29 is 8.42 Å². The Morgan fingerprint density at radius 1 is 1.10 bits per heavy atom. The van der Waals surface area contributed by atoms with Crippen LogP contribution in [0.4, 0.5) is 0 Å². The van der Waals surface area contributed by atoms with E-state index in [-0.39, 0.29) is 17.0 Å². The van der Waals surface area contributed by atoms with Crippen LogP contribution in [0.2, 0.25) is 0 Å². The third-order valence-electron chi connectivity index (χ3n) is 3.98. The van der Waals surface area contributed by atoms with Crippen LogP contribution in [-0.4, -0.2) is 25.5 Å². The number of hydrogen-bond acceptors (Lipinski definition) is 4. The van der Waals surface area contributed by atoms with Crippen molar-refractivity contribution in [3.63, 3.8) is 0 Å². The lowest BCUT2D eigenvalue weighted by Crippen LogP contribution is -2.40. The molecule has 0 bridgehead atoms. The first-order valence-electron chi connectivity index (χ1n) is 7.18. The Labute approximate surface area is 124 Å². The molecule has 0 spiro atoms. The number of pyridine rings is 1. The Morgan fingerprint density at radius 2 is 1.81 bits per heavy atom. The molecular weight excluding hydrogens is 286 g/mol. The molecule has 3 N–H and O–H groups in total. The molecule has 5 nitrogen and oxygen atoms in total. The van der Waals surface area contributed by atoms with Crippen LogP contribution >= 0.6 is 0 Å². The van der Waals surface area contributed by atoms with Crippen LogP contribution in [0.25, 0.3) is 10.9 Å². The summed E-state index contributed by atoms with van der Waals surface area (Å²) in [4.78, 5) is 4.46. The summed E-state index contributed by atoms with van der Waals surface area (Å²) in [6.45, 7) is 0. The van der Waals surface area contributed by atoms with Crippen molar-refractivity contribution in [1.29, 1.82) is 0 Å². The van der Waals surface area contributed by atoms with Crippen molar-refractivity contribution in [2.45, 2.75) is 42.7 Å². The van der Waals surface area contributed by atoms with E-state index in [1.54, 1.807) is 24.4 Å². The third kappa shape index (κ3) is 3.07. The third-order valence-corrected chi connectivity index (χ3v) is 5.53. The van der Waals surface area contributed by atoms with Crippen LogP contribution in [0.5, 0.6) is 0 Å². The van der Waals surface area contributed by atoms with Gasteiger partial charge in [-0.2, -0.15) is 0 Å². The van der Waals surface area contributed by atoms with E-state index in [1.165, 1.54) is 0 Å². The number of nitrogens with two attached hydrogens (primary N) is 1. The molecule has 1 aliphatic rings. The molecule has 1 heterocycles. The lowest BCUT2D eigenvalue weighted by Gasteiger charge is -2.26. The van der Waals surface area contributed by atoms with Gasteiger partial charge in [0, 0.05) is 23.7 Å². The maximum Gasteiger partial charge on any atom is 0.242 e. The average molecular weight is 305 g/mol. The van der Waals surface area contributed by atoms with Gasteiger partial charge in [-0.1, -0.05) is 18.2 Å². The first-order valence-corrected chi connectivity index (χ1v) is 8.66. The second-order valence-electron chi connectivity index (χ2n) is 5.56. The van der Waals surface area contributed by atoms with Gasteiger partial charge in [0.1, 0.15) is 4.90 Å². The second-order valence-corrected chi connectivity index (χ2v) is 7.25. The van der Waals surface area contributed by atoms with Crippen LogP contribution in [0.15, 0.2) is 41.4 Å². The highest BCUT2D eigenvalue weighted by Crippen LogP contribution is 2.23. The molecule has 3 rings (SSSR count). The molecule has 0 amide bonds. The van der Waals surface area contributed by atoms with Gasteiger partial charge in [-0.05, 0) is 37.8 Å². The van der Waals surface area contributed by atoms with Crippen LogP contribution in [-0.2, 0) is 10.0 Å². The van der Waals surface area contributed by atoms with E-state index < -0.39 is 10.0 Å². The Kier molecular flexibility index (Phi) is 3.93. The molecule has 0 saturated heterocycles. The number of rotatable bonds is 3. The average Bonchev–Trinajstić information content (AvgIpc) is 2.49.